The smallest absolute Gasteiger partial charge is 0.410 e. The first-order valence-corrected chi connectivity index (χ1v) is 9.16. The molecule has 1 fully saturated rings. The number of fused-ring (bicyclic) bond motifs is 1. The van der Waals surface area contributed by atoms with Gasteiger partial charge in [0.1, 0.15) is 22.8 Å². The van der Waals surface area contributed by atoms with Gasteiger partial charge in [-0.15, -0.1) is 0 Å². The van der Waals surface area contributed by atoms with Gasteiger partial charge in [-0.05, 0) is 34.6 Å². The number of ether oxygens (including phenoxy) is 1. The number of nitrogens with zero attached hydrogens (tertiary/aromatic N) is 5. The Hall–Kier alpha value is -2.55. The van der Waals surface area contributed by atoms with E-state index < -0.39 is 5.60 Å². The summed E-state index contributed by atoms with van der Waals surface area (Å²) in [7, 11) is 1.94. The molecule has 0 radical (unpaired) electrons. The maximum absolute atomic E-state index is 12.4. The molecule has 1 aliphatic rings. The van der Waals surface area contributed by atoms with Crippen molar-refractivity contribution >= 4 is 28.8 Å². The van der Waals surface area contributed by atoms with Gasteiger partial charge in [0, 0.05) is 38.8 Å². The van der Waals surface area contributed by atoms with Crippen molar-refractivity contribution in [3.05, 3.63) is 11.9 Å². The fourth-order valence-corrected chi connectivity index (χ4v) is 3.34. The lowest BCUT2D eigenvalue weighted by molar-refractivity contribution is 0.0219. The van der Waals surface area contributed by atoms with E-state index in [-0.39, 0.29) is 12.1 Å². The van der Waals surface area contributed by atoms with Crippen molar-refractivity contribution in [2.24, 2.45) is 12.9 Å². The number of anilines is 2. The van der Waals surface area contributed by atoms with Gasteiger partial charge in [0.2, 0.25) is 0 Å². The van der Waals surface area contributed by atoms with Crippen LogP contribution in [0.2, 0.25) is 0 Å². The normalized spacial score (nSPS) is 18.1. The van der Waals surface area contributed by atoms with Crippen molar-refractivity contribution in [3.63, 3.8) is 0 Å². The standard InChI is InChI=1S/C18H29N7O2/c1-11-10-24(17(26)27-18(3,4)5)7-8-25(11)13-9-14(22-19)21-16-15(13)20-12(2)23(16)6/h9,11H,7-8,10,19H2,1-6H3,(H,21,22). The largest absolute Gasteiger partial charge is 0.444 e. The number of pyridine rings is 1. The molecule has 0 aliphatic carbocycles. The number of piperazine rings is 1. The lowest BCUT2D eigenvalue weighted by Crippen LogP contribution is -2.54. The third-order valence-electron chi connectivity index (χ3n) is 4.77. The first kappa shape index (κ1) is 19.2. The van der Waals surface area contributed by atoms with E-state index in [0.717, 1.165) is 22.7 Å². The van der Waals surface area contributed by atoms with Crippen LogP contribution in [0.4, 0.5) is 16.3 Å². The van der Waals surface area contributed by atoms with Gasteiger partial charge in [0.05, 0.1) is 5.69 Å². The second-order valence-corrected chi connectivity index (χ2v) is 8.03. The average molecular weight is 375 g/mol. The number of carbonyl (C=O) groups is 1. The number of carbonyl (C=O) groups excluding carboxylic acids is 1. The number of imidazole rings is 1. The van der Waals surface area contributed by atoms with Crippen molar-refractivity contribution in [1.29, 1.82) is 0 Å². The fourth-order valence-electron chi connectivity index (χ4n) is 3.34. The van der Waals surface area contributed by atoms with Crippen LogP contribution in [-0.2, 0) is 11.8 Å². The minimum Gasteiger partial charge on any atom is -0.444 e. The van der Waals surface area contributed by atoms with E-state index in [9.17, 15) is 4.79 Å². The summed E-state index contributed by atoms with van der Waals surface area (Å²) in [6, 6.07) is 2.01. The molecule has 9 nitrogen and oxygen atoms in total. The topological polar surface area (TPSA) is 102 Å². The second-order valence-electron chi connectivity index (χ2n) is 8.03. The predicted molar refractivity (Wildman–Crippen MR) is 106 cm³/mol. The number of hydrogen-bond acceptors (Lipinski definition) is 7. The van der Waals surface area contributed by atoms with Crippen molar-refractivity contribution in [2.75, 3.05) is 30.0 Å². The highest BCUT2D eigenvalue weighted by molar-refractivity contribution is 5.89. The summed E-state index contributed by atoms with van der Waals surface area (Å²) in [4.78, 5) is 25.6. The predicted octanol–water partition coefficient (Wildman–Crippen LogP) is 2.01. The zero-order chi connectivity index (χ0) is 19.9. The van der Waals surface area contributed by atoms with Gasteiger partial charge in [-0.3, -0.25) is 0 Å². The van der Waals surface area contributed by atoms with Crippen LogP contribution in [0.25, 0.3) is 11.2 Å². The van der Waals surface area contributed by atoms with Crippen LogP contribution in [0, 0.1) is 6.92 Å². The Balaban J connectivity index is 1.88. The molecule has 3 rings (SSSR count). The summed E-state index contributed by atoms with van der Waals surface area (Å²) in [6.45, 7) is 11.5. The molecule has 0 spiro atoms. The quantitative estimate of drug-likeness (QED) is 0.611. The summed E-state index contributed by atoms with van der Waals surface area (Å²) in [5, 5.41) is 0. The number of hydrogen-bond donors (Lipinski definition) is 2. The third kappa shape index (κ3) is 3.78. The van der Waals surface area contributed by atoms with E-state index in [1.54, 1.807) is 4.90 Å². The van der Waals surface area contributed by atoms with Crippen LogP contribution < -0.4 is 16.2 Å². The third-order valence-corrected chi connectivity index (χ3v) is 4.77. The summed E-state index contributed by atoms with van der Waals surface area (Å²) >= 11 is 0. The van der Waals surface area contributed by atoms with Crippen LogP contribution in [0.3, 0.4) is 0 Å². The molecule has 27 heavy (non-hydrogen) atoms. The first-order valence-electron chi connectivity index (χ1n) is 9.16. The molecule has 1 saturated heterocycles. The maximum Gasteiger partial charge on any atom is 0.410 e. The molecule has 0 bridgehead atoms. The number of aromatic nitrogens is 3. The molecule has 9 heteroatoms. The van der Waals surface area contributed by atoms with E-state index in [0.29, 0.717) is 25.5 Å². The highest BCUT2D eigenvalue weighted by Gasteiger charge is 2.31. The summed E-state index contributed by atoms with van der Waals surface area (Å²) in [5.74, 6) is 7.09. The molecule has 1 amide bonds. The fraction of sp³-hybridized carbons (Fsp3) is 0.611. The lowest BCUT2D eigenvalue weighted by atomic mass is 10.1. The van der Waals surface area contributed by atoms with Crippen LogP contribution in [-0.4, -0.2) is 56.8 Å². The Labute approximate surface area is 159 Å². The number of nitrogen functional groups attached to an aromatic ring is 1. The number of aryl methyl sites for hydroxylation is 2. The maximum atomic E-state index is 12.4. The van der Waals surface area contributed by atoms with Gasteiger partial charge >= 0.3 is 6.09 Å². The van der Waals surface area contributed by atoms with Crippen LogP contribution in [0.15, 0.2) is 6.07 Å². The van der Waals surface area contributed by atoms with Crippen molar-refractivity contribution in [2.45, 2.75) is 46.3 Å². The van der Waals surface area contributed by atoms with Crippen LogP contribution in [0.1, 0.15) is 33.5 Å². The highest BCUT2D eigenvalue weighted by atomic mass is 16.6. The number of nitrogens with one attached hydrogen (secondary N) is 1. The van der Waals surface area contributed by atoms with Gasteiger partial charge in [-0.1, -0.05) is 0 Å². The van der Waals surface area contributed by atoms with Gasteiger partial charge in [-0.2, -0.15) is 0 Å². The van der Waals surface area contributed by atoms with Crippen LogP contribution in [0.5, 0.6) is 0 Å². The molecule has 3 heterocycles. The van der Waals surface area contributed by atoms with Crippen molar-refractivity contribution in [3.8, 4) is 0 Å². The molecule has 1 aliphatic heterocycles. The highest BCUT2D eigenvalue weighted by Crippen LogP contribution is 2.31. The molecular formula is C18H29N7O2. The molecule has 148 valence electrons. The zero-order valence-electron chi connectivity index (χ0n) is 16.9. The van der Waals surface area contributed by atoms with E-state index in [1.165, 1.54) is 0 Å². The van der Waals surface area contributed by atoms with Gasteiger partial charge in [-0.25, -0.2) is 20.6 Å². The minimum absolute atomic E-state index is 0.102. The zero-order valence-corrected chi connectivity index (χ0v) is 16.9. The monoisotopic (exact) mass is 375 g/mol. The Bertz CT molecular complexity index is 855. The van der Waals surface area contributed by atoms with Crippen molar-refractivity contribution in [1.82, 2.24) is 19.4 Å². The molecule has 0 aromatic carbocycles. The summed E-state index contributed by atoms with van der Waals surface area (Å²) in [5.41, 5.74) is 4.72. The van der Waals surface area contributed by atoms with Crippen molar-refractivity contribution < 1.29 is 9.53 Å². The molecule has 0 saturated carbocycles. The van der Waals surface area contributed by atoms with E-state index in [2.05, 4.69) is 27.2 Å². The molecule has 1 unspecified atom stereocenters. The lowest BCUT2D eigenvalue weighted by Gasteiger charge is -2.41. The SMILES string of the molecule is Cc1nc2c(N3CCN(C(=O)OC(C)(C)C)CC3C)cc(NN)nc2n1C. The minimum atomic E-state index is -0.498. The Morgan fingerprint density at radius 2 is 2.04 bits per heavy atom. The molecule has 1 atom stereocenters. The number of rotatable bonds is 2. The average Bonchev–Trinajstić information content (AvgIpc) is 2.87. The van der Waals surface area contributed by atoms with E-state index in [4.69, 9.17) is 10.6 Å². The van der Waals surface area contributed by atoms with Gasteiger partial charge in [0.25, 0.3) is 0 Å². The molecule has 2 aromatic heterocycles. The first-order chi connectivity index (χ1) is 12.6. The van der Waals surface area contributed by atoms with Crippen LogP contribution >= 0.6 is 0 Å². The Morgan fingerprint density at radius 3 is 2.63 bits per heavy atom. The Morgan fingerprint density at radius 1 is 1.33 bits per heavy atom. The number of amides is 1. The van der Waals surface area contributed by atoms with E-state index in [1.807, 2.05) is 45.4 Å². The van der Waals surface area contributed by atoms with Gasteiger partial charge in [0.15, 0.2) is 5.65 Å². The number of nitrogens with two attached hydrogens (primary N) is 1. The molecule has 2 aromatic rings. The molecule has 3 N–H and O–H groups in total. The van der Waals surface area contributed by atoms with E-state index >= 15 is 0 Å². The summed E-state index contributed by atoms with van der Waals surface area (Å²) in [6.07, 6.45) is -0.271. The second kappa shape index (κ2) is 6.88. The van der Waals surface area contributed by atoms with Gasteiger partial charge < -0.3 is 24.5 Å². The summed E-state index contributed by atoms with van der Waals surface area (Å²) < 4.78 is 7.45. The number of hydrazine groups is 1. The molecular weight excluding hydrogens is 346 g/mol. The Kier molecular flexibility index (Phi) is 4.90.